The summed E-state index contributed by atoms with van der Waals surface area (Å²) in [7, 11) is -4.63. The highest BCUT2D eigenvalue weighted by Gasteiger charge is 2.27. The molecule has 0 aromatic carbocycles. The van der Waals surface area contributed by atoms with E-state index in [-0.39, 0.29) is 12.8 Å². The Bertz CT molecular complexity index is 873. The monoisotopic (exact) mass is 793 g/mol. The number of phosphoric ester groups is 1. The quantitative estimate of drug-likeness (QED) is 0.0309. The number of unbranched alkanes of at least 4 members (excludes halogenated alkanes) is 29. The summed E-state index contributed by atoms with van der Waals surface area (Å²) in [6, 6.07) is 0. The molecule has 0 rings (SSSR count). The number of hydrogen-bond donors (Lipinski definition) is 3. The molecule has 0 fully saturated rings. The molecule has 11 heteroatoms. The van der Waals surface area contributed by atoms with Crippen LogP contribution in [0.3, 0.4) is 0 Å². The summed E-state index contributed by atoms with van der Waals surface area (Å²) in [6.45, 7) is 2.25. The van der Waals surface area contributed by atoms with E-state index in [9.17, 15) is 29.3 Å². The van der Waals surface area contributed by atoms with E-state index in [1.165, 1.54) is 148 Å². The number of carbonyl (C=O) groups is 2. The molecule has 3 atom stereocenters. The molecule has 0 aromatic heterocycles. The molecule has 0 aliphatic rings. The minimum absolute atomic E-state index is 0.199. The van der Waals surface area contributed by atoms with Crippen molar-refractivity contribution < 1.29 is 47.8 Å². The molecule has 0 saturated carbocycles. The summed E-state index contributed by atoms with van der Waals surface area (Å²) in [5, 5.41) is 19.2. The maximum Gasteiger partial charge on any atom is 0.472 e. The van der Waals surface area contributed by atoms with Crippen LogP contribution in [-0.4, -0.2) is 65.7 Å². The fourth-order valence-corrected chi connectivity index (χ4v) is 7.37. The maximum atomic E-state index is 12.4. The Morgan fingerprint density at radius 1 is 0.426 bits per heavy atom. The van der Waals surface area contributed by atoms with E-state index >= 15 is 0 Å². The highest BCUT2D eigenvalue weighted by Crippen LogP contribution is 2.43. The minimum atomic E-state index is -4.63. The summed E-state index contributed by atoms with van der Waals surface area (Å²) < 4.78 is 32.6. The van der Waals surface area contributed by atoms with Gasteiger partial charge in [0.05, 0.1) is 26.4 Å². The predicted molar refractivity (Wildman–Crippen MR) is 219 cm³/mol. The number of aliphatic hydroxyl groups excluding tert-OH is 2. The summed E-state index contributed by atoms with van der Waals surface area (Å²) in [5.74, 6) is -1.00. The van der Waals surface area contributed by atoms with Gasteiger partial charge in [-0.05, 0) is 12.8 Å². The van der Waals surface area contributed by atoms with Crippen LogP contribution in [0.15, 0.2) is 0 Å². The van der Waals surface area contributed by atoms with Gasteiger partial charge in [-0.2, -0.15) is 0 Å². The second-order valence-electron chi connectivity index (χ2n) is 15.4. The van der Waals surface area contributed by atoms with Crippen molar-refractivity contribution in [1.82, 2.24) is 0 Å². The minimum Gasteiger partial charge on any atom is -0.457 e. The van der Waals surface area contributed by atoms with Crippen LogP contribution in [0.4, 0.5) is 0 Å². The number of rotatable bonds is 43. The van der Waals surface area contributed by atoms with Gasteiger partial charge in [0.2, 0.25) is 0 Å². The summed E-state index contributed by atoms with van der Waals surface area (Å²) in [4.78, 5) is 34.5. The normalized spacial score (nSPS) is 13.8. The number of aliphatic hydroxyl groups is 2. The lowest BCUT2D eigenvalue weighted by Crippen LogP contribution is -2.28. The van der Waals surface area contributed by atoms with E-state index in [2.05, 4.69) is 13.8 Å². The van der Waals surface area contributed by atoms with Crippen molar-refractivity contribution in [3.63, 3.8) is 0 Å². The lowest BCUT2D eigenvalue weighted by atomic mass is 10.0. The molecule has 0 spiro atoms. The number of phosphoric acid groups is 1. The molecule has 0 aliphatic carbocycles. The predicted octanol–water partition coefficient (Wildman–Crippen LogP) is 11.8. The van der Waals surface area contributed by atoms with E-state index in [0.717, 1.165) is 38.5 Å². The second kappa shape index (κ2) is 40.2. The van der Waals surface area contributed by atoms with Gasteiger partial charge in [-0.25, -0.2) is 4.57 Å². The number of esters is 2. The van der Waals surface area contributed by atoms with Gasteiger partial charge in [-0.15, -0.1) is 0 Å². The Labute approximate surface area is 331 Å². The largest absolute Gasteiger partial charge is 0.472 e. The Hall–Kier alpha value is -1.03. The van der Waals surface area contributed by atoms with Crippen molar-refractivity contribution in [1.29, 1.82) is 0 Å². The van der Waals surface area contributed by atoms with Crippen molar-refractivity contribution in [2.45, 2.75) is 238 Å². The van der Waals surface area contributed by atoms with Crippen LogP contribution in [-0.2, 0) is 32.7 Å². The van der Waals surface area contributed by atoms with E-state index in [0.29, 0.717) is 12.8 Å². The number of ether oxygens (including phenoxy) is 2. The van der Waals surface area contributed by atoms with Crippen molar-refractivity contribution in [3.8, 4) is 0 Å². The maximum absolute atomic E-state index is 12.4. The lowest BCUT2D eigenvalue weighted by molar-refractivity contribution is -0.153. The van der Waals surface area contributed by atoms with E-state index in [1.54, 1.807) is 0 Å². The van der Waals surface area contributed by atoms with Gasteiger partial charge in [-0.1, -0.05) is 200 Å². The molecule has 0 saturated heterocycles. The molecule has 10 nitrogen and oxygen atoms in total. The summed E-state index contributed by atoms with van der Waals surface area (Å²) in [6.07, 6.45) is 36.4. The van der Waals surface area contributed by atoms with Gasteiger partial charge in [0.1, 0.15) is 12.2 Å². The molecule has 54 heavy (non-hydrogen) atoms. The van der Waals surface area contributed by atoms with Crippen molar-refractivity contribution in [3.05, 3.63) is 0 Å². The SMILES string of the molecule is CCCCCCCCCCCCCCCCCCCC(=O)OC(CO)COP(=O)(O)OCC(CO)OC(=O)CCCCCCCCCCCCCCCC. The Morgan fingerprint density at radius 2 is 0.648 bits per heavy atom. The smallest absolute Gasteiger partial charge is 0.457 e. The van der Waals surface area contributed by atoms with Crippen molar-refractivity contribution >= 4 is 19.8 Å². The van der Waals surface area contributed by atoms with Crippen LogP contribution in [0.25, 0.3) is 0 Å². The molecule has 0 aliphatic heterocycles. The third-order valence-corrected chi connectivity index (χ3v) is 11.0. The Morgan fingerprint density at radius 3 is 0.870 bits per heavy atom. The van der Waals surface area contributed by atoms with Gasteiger partial charge >= 0.3 is 19.8 Å². The fraction of sp³-hybridized carbons (Fsp3) is 0.953. The first-order valence-corrected chi connectivity index (χ1v) is 24.0. The molecule has 3 unspecified atom stereocenters. The number of carbonyl (C=O) groups excluding carboxylic acids is 2. The highest BCUT2D eigenvalue weighted by molar-refractivity contribution is 7.47. The number of hydrogen-bond acceptors (Lipinski definition) is 9. The molecule has 0 radical (unpaired) electrons. The highest BCUT2D eigenvalue weighted by atomic mass is 31.2. The summed E-state index contributed by atoms with van der Waals surface area (Å²) >= 11 is 0. The van der Waals surface area contributed by atoms with Gasteiger partial charge < -0.3 is 24.6 Å². The average Bonchev–Trinajstić information content (AvgIpc) is 3.16. The van der Waals surface area contributed by atoms with Gasteiger partial charge in [0.25, 0.3) is 0 Å². The van der Waals surface area contributed by atoms with E-state index in [1.807, 2.05) is 0 Å². The standard InChI is InChI=1S/C43H85O10P/c1-3-5-7-9-11-13-15-17-19-20-21-23-25-27-29-31-33-35-43(47)53-41(37-45)39-51-54(48,49)50-38-40(36-44)52-42(46)34-32-30-28-26-24-22-18-16-14-12-10-8-6-4-2/h40-41,44-45H,3-39H2,1-2H3,(H,48,49). The molecule has 0 aromatic rings. The third kappa shape index (κ3) is 37.9. The fourth-order valence-electron chi connectivity index (χ4n) is 6.59. The van der Waals surface area contributed by atoms with Crippen LogP contribution in [0, 0.1) is 0 Å². The van der Waals surface area contributed by atoms with Gasteiger partial charge in [-0.3, -0.25) is 18.6 Å². The van der Waals surface area contributed by atoms with Crippen LogP contribution in [0.5, 0.6) is 0 Å². The topological polar surface area (TPSA) is 149 Å². The van der Waals surface area contributed by atoms with Crippen LogP contribution in [0.1, 0.15) is 226 Å². The molecular weight excluding hydrogens is 707 g/mol. The van der Waals surface area contributed by atoms with Gasteiger partial charge in [0, 0.05) is 12.8 Å². The van der Waals surface area contributed by atoms with Crippen LogP contribution < -0.4 is 0 Å². The average molecular weight is 793 g/mol. The van der Waals surface area contributed by atoms with E-state index < -0.39 is 58.4 Å². The first kappa shape index (κ1) is 53.0. The zero-order valence-electron chi connectivity index (χ0n) is 35.0. The zero-order chi connectivity index (χ0) is 39.8. The van der Waals surface area contributed by atoms with E-state index in [4.69, 9.17) is 18.5 Å². The summed E-state index contributed by atoms with van der Waals surface area (Å²) in [5.41, 5.74) is 0. The van der Waals surface area contributed by atoms with Crippen LogP contribution in [0.2, 0.25) is 0 Å². The Kier molecular flexibility index (Phi) is 39.4. The lowest BCUT2D eigenvalue weighted by Gasteiger charge is -2.20. The van der Waals surface area contributed by atoms with Gasteiger partial charge in [0.15, 0.2) is 0 Å². The molecule has 322 valence electrons. The third-order valence-electron chi connectivity index (χ3n) is 10.1. The molecular formula is C43H85O10P. The second-order valence-corrected chi connectivity index (χ2v) is 16.9. The molecule has 0 bridgehead atoms. The molecule has 0 heterocycles. The first-order chi connectivity index (χ1) is 26.3. The molecule has 3 N–H and O–H groups in total. The van der Waals surface area contributed by atoms with Crippen LogP contribution >= 0.6 is 7.82 Å². The van der Waals surface area contributed by atoms with Crippen molar-refractivity contribution in [2.24, 2.45) is 0 Å². The van der Waals surface area contributed by atoms with Crippen molar-refractivity contribution in [2.75, 3.05) is 26.4 Å². The zero-order valence-corrected chi connectivity index (χ0v) is 35.9. The first-order valence-electron chi connectivity index (χ1n) is 22.5. The molecule has 0 amide bonds. The Balaban J connectivity index is 3.86.